The van der Waals surface area contributed by atoms with Gasteiger partial charge in [-0.05, 0) is 35.6 Å². The fourth-order valence-electron chi connectivity index (χ4n) is 2.11. The Labute approximate surface area is 183 Å². The van der Waals surface area contributed by atoms with Crippen molar-refractivity contribution in [1.82, 2.24) is 15.5 Å². The van der Waals surface area contributed by atoms with Gasteiger partial charge in [0.05, 0.1) is 16.3 Å². The molecule has 0 atom stereocenters. The first-order chi connectivity index (χ1) is 14.8. The van der Waals surface area contributed by atoms with Gasteiger partial charge in [0.15, 0.2) is 5.76 Å². The standard InChI is InChI=1S/C17H17N3O2S2.C2HF3O2/c21-17(19-8-5-13-3-6-18-7-4-13)12-23-11-14-10-15(22-20-14)16-2-1-9-24-16;3-2(4,5)1(6)7/h1-4,6-7,9-10H,5,8,11-12H2,(H,19,21);(H,6,7). The normalized spacial score (nSPS) is 10.8. The number of carboxylic acids is 1. The first-order valence-electron chi connectivity index (χ1n) is 8.78. The summed E-state index contributed by atoms with van der Waals surface area (Å²) in [5.41, 5.74) is 2.02. The van der Waals surface area contributed by atoms with Crippen molar-refractivity contribution in [3.63, 3.8) is 0 Å². The van der Waals surface area contributed by atoms with Crippen molar-refractivity contribution in [2.24, 2.45) is 0 Å². The van der Waals surface area contributed by atoms with Crippen molar-refractivity contribution in [3.05, 3.63) is 59.4 Å². The molecular formula is C19H18F3N3O4S2. The molecule has 166 valence electrons. The summed E-state index contributed by atoms with van der Waals surface area (Å²) in [7, 11) is 0. The zero-order valence-electron chi connectivity index (χ0n) is 16.0. The van der Waals surface area contributed by atoms with Gasteiger partial charge in [-0.2, -0.15) is 13.2 Å². The number of aromatic nitrogens is 2. The topological polar surface area (TPSA) is 105 Å². The number of carboxylic acid groups (broad SMARTS) is 1. The molecule has 0 spiro atoms. The SMILES string of the molecule is O=C(CSCc1cc(-c2cccs2)on1)NCCc1ccncc1.O=C(O)C(F)(F)F. The lowest BCUT2D eigenvalue weighted by molar-refractivity contribution is -0.192. The van der Waals surface area contributed by atoms with Gasteiger partial charge in [-0.3, -0.25) is 9.78 Å². The highest BCUT2D eigenvalue weighted by atomic mass is 32.2. The smallest absolute Gasteiger partial charge is 0.475 e. The van der Waals surface area contributed by atoms with Crippen LogP contribution in [-0.4, -0.2) is 45.6 Å². The quantitative estimate of drug-likeness (QED) is 0.509. The fraction of sp³-hybridized carbons (Fsp3) is 0.263. The third-order valence-corrected chi connectivity index (χ3v) is 5.38. The van der Waals surface area contributed by atoms with E-state index < -0.39 is 12.1 Å². The second-order valence-electron chi connectivity index (χ2n) is 5.91. The Hall–Kier alpha value is -2.86. The van der Waals surface area contributed by atoms with Gasteiger partial charge in [0.1, 0.15) is 0 Å². The molecule has 0 fully saturated rings. The summed E-state index contributed by atoms with van der Waals surface area (Å²) >= 11 is 3.15. The zero-order chi connectivity index (χ0) is 22.7. The highest BCUT2D eigenvalue weighted by Crippen LogP contribution is 2.26. The Bertz CT molecular complexity index is 948. The summed E-state index contributed by atoms with van der Waals surface area (Å²) in [6, 6.07) is 9.82. The lowest BCUT2D eigenvalue weighted by Gasteiger charge is -2.04. The van der Waals surface area contributed by atoms with E-state index in [0.29, 0.717) is 18.1 Å². The van der Waals surface area contributed by atoms with Crippen molar-refractivity contribution in [3.8, 4) is 10.6 Å². The van der Waals surface area contributed by atoms with Gasteiger partial charge < -0.3 is 14.9 Å². The fourth-order valence-corrected chi connectivity index (χ4v) is 3.52. The summed E-state index contributed by atoms with van der Waals surface area (Å²) in [5.74, 6) is -0.865. The molecular weight excluding hydrogens is 455 g/mol. The molecule has 2 N–H and O–H groups in total. The minimum atomic E-state index is -5.08. The molecule has 0 aliphatic heterocycles. The van der Waals surface area contributed by atoms with Crippen LogP contribution >= 0.6 is 23.1 Å². The molecule has 0 aliphatic rings. The van der Waals surface area contributed by atoms with Crippen molar-refractivity contribution < 1.29 is 32.4 Å². The van der Waals surface area contributed by atoms with Crippen LogP contribution in [0.1, 0.15) is 11.3 Å². The van der Waals surface area contributed by atoms with E-state index in [1.165, 1.54) is 17.3 Å². The van der Waals surface area contributed by atoms with E-state index in [0.717, 1.165) is 22.8 Å². The molecule has 1 amide bonds. The number of alkyl halides is 3. The molecule has 3 aromatic rings. The number of hydrogen-bond donors (Lipinski definition) is 2. The number of amides is 1. The zero-order valence-corrected chi connectivity index (χ0v) is 17.6. The Morgan fingerprint density at radius 2 is 1.94 bits per heavy atom. The second-order valence-corrected chi connectivity index (χ2v) is 7.84. The Morgan fingerprint density at radius 3 is 2.55 bits per heavy atom. The van der Waals surface area contributed by atoms with Crippen LogP contribution in [0.25, 0.3) is 10.6 Å². The van der Waals surface area contributed by atoms with E-state index in [1.807, 2.05) is 35.7 Å². The van der Waals surface area contributed by atoms with E-state index in [9.17, 15) is 18.0 Å². The number of thiophene rings is 1. The highest BCUT2D eigenvalue weighted by Gasteiger charge is 2.38. The van der Waals surface area contributed by atoms with Gasteiger partial charge in [-0.25, -0.2) is 4.79 Å². The van der Waals surface area contributed by atoms with Crippen LogP contribution in [0.5, 0.6) is 0 Å². The average Bonchev–Trinajstić information content (AvgIpc) is 3.40. The number of aliphatic carboxylic acids is 1. The minimum absolute atomic E-state index is 0.0380. The van der Waals surface area contributed by atoms with Gasteiger partial charge in [-0.15, -0.1) is 23.1 Å². The van der Waals surface area contributed by atoms with Gasteiger partial charge in [-0.1, -0.05) is 11.2 Å². The van der Waals surface area contributed by atoms with Gasteiger partial charge >= 0.3 is 12.1 Å². The van der Waals surface area contributed by atoms with E-state index in [-0.39, 0.29) is 5.91 Å². The molecule has 0 aliphatic carbocycles. The molecule has 3 rings (SSSR count). The van der Waals surface area contributed by atoms with Crippen LogP contribution < -0.4 is 5.32 Å². The maximum atomic E-state index is 11.8. The Kier molecular flexibility index (Phi) is 9.53. The number of rotatable bonds is 8. The van der Waals surface area contributed by atoms with Crippen molar-refractivity contribution >= 4 is 35.0 Å². The maximum absolute atomic E-state index is 11.8. The number of nitrogens with zero attached hydrogens (tertiary/aromatic N) is 2. The second kappa shape index (κ2) is 12.1. The predicted octanol–water partition coefficient (Wildman–Crippen LogP) is 4.02. The van der Waals surface area contributed by atoms with Crippen molar-refractivity contribution in [2.45, 2.75) is 18.3 Å². The third kappa shape index (κ3) is 9.22. The highest BCUT2D eigenvalue weighted by molar-refractivity contribution is 7.99. The lowest BCUT2D eigenvalue weighted by atomic mass is 10.2. The molecule has 7 nitrogen and oxygen atoms in total. The number of hydrogen-bond acceptors (Lipinski definition) is 7. The molecule has 3 heterocycles. The van der Waals surface area contributed by atoms with Crippen LogP contribution in [0.4, 0.5) is 13.2 Å². The Balaban J connectivity index is 0.000000423. The summed E-state index contributed by atoms with van der Waals surface area (Å²) in [6.45, 7) is 0.635. The van der Waals surface area contributed by atoms with E-state index in [2.05, 4.69) is 15.5 Å². The molecule has 3 aromatic heterocycles. The largest absolute Gasteiger partial charge is 0.490 e. The third-order valence-electron chi connectivity index (χ3n) is 3.53. The molecule has 0 aromatic carbocycles. The first-order valence-corrected chi connectivity index (χ1v) is 10.8. The summed E-state index contributed by atoms with van der Waals surface area (Å²) in [4.78, 5) is 25.8. The summed E-state index contributed by atoms with van der Waals surface area (Å²) in [5, 5.41) is 16.1. The summed E-state index contributed by atoms with van der Waals surface area (Å²) in [6.07, 6.45) is -0.753. The van der Waals surface area contributed by atoms with Gasteiger partial charge in [0, 0.05) is 30.8 Å². The van der Waals surface area contributed by atoms with Crippen LogP contribution in [0, 0.1) is 0 Å². The number of carbonyl (C=O) groups excluding carboxylic acids is 1. The molecule has 0 bridgehead atoms. The number of nitrogens with one attached hydrogen (secondary N) is 1. The number of pyridine rings is 1. The van der Waals surface area contributed by atoms with Crippen LogP contribution in [0.3, 0.4) is 0 Å². The molecule has 0 saturated heterocycles. The lowest BCUT2D eigenvalue weighted by Crippen LogP contribution is -2.27. The molecule has 0 unspecified atom stereocenters. The maximum Gasteiger partial charge on any atom is 0.490 e. The van der Waals surface area contributed by atoms with Gasteiger partial charge in [0.25, 0.3) is 0 Å². The van der Waals surface area contributed by atoms with Crippen molar-refractivity contribution in [1.29, 1.82) is 0 Å². The van der Waals surface area contributed by atoms with E-state index >= 15 is 0 Å². The molecule has 12 heteroatoms. The predicted molar refractivity (Wildman–Crippen MR) is 111 cm³/mol. The van der Waals surface area contributed by atoms with E-state index in [1.54, 1.807) is 23.7 Å². The molecule has 0 radical (unpaired) electrons. The minimum Gasteiger partial charge on any atom is -0.475 e. The Morgan fingerprint density at radius 1 is 1.23 bits per heavy atom. The van der Waals surface area contributed by atoms with Crippen molar-refractivity contribution in [2.75, 3.05) is 12.3 Å². The number of carbonyl (C=O) groups is 2. The van der Waals surface area contributed by atoms with Crippen LogP contribution in [0.2, 0.25) is 0 Å². The first kappa shape index (κ1) is 24.4. The number of halogens is 3. The summed E-state index contributed by atoms with van der Waals surface area (Å²) < 4.78 is 37.1. The van der Waals surface area contributed by atoms with Crippen LogP contribution in [-0.2, 0) is 21.8 Å². The monoisotopic (exact) mass is 473 g/mol. The average molecular weight is 473 g/mol. The van der Waals surface area contributed by atoms with Crippen LogP contribution in [0.15, 0.2) is 52.6 Å². The van der Waals surface area contributed by atoms with E-state index in [4.69, 9.17) is 14.4 Å². The molecule has 0 saturated carbocycles. The number of thioether (sulfide) groups is 1. The molecule has 31 heavy (non-hydrogen) atoms. The van der Waals surface area contributed by atoms with Gasteiger partial charge in [0.2, 0.25) is 5.91 Å².